The molecule has 2 rings (SSSR count). The van der Waals surface area contributed by atoms with E-state index in [9.17, 15) is 9.59 Å². The summed E-state index contributed by atoms with van der Waals surface area (Å²) >= 11 is 5.88. The Labute approximate surface area is 109 Å². The zero-order chi connectivity index (χ0) is 13.0. The van der Waals surface area contributed by atoms with Crippen LogP contribution in [-0.2, 0) is 0 Å². The van der Waals surface area contributed by atoms with Crippen molar-refractivity contribution in [3.63, 3.8) is 0 Å². The first-order valence-electron chi connectivity index (χ1n) is 5.22. The Balaban J connectivity index is 2.17. The van der Waals surface area contributed by atoms with Crippen LogP contribution in [0.3, 0.4) is 0 Å². The zero-order valence-electron chi connectivity index (χ0n) is 9.30. The lowest BCUT2D eigenvalue weighted by atomic mass is 10.1. The van der Waals surface area contributed by atoms with E-state index in [1.165, 1.54) is 12.1 Å². The van der Waals surface area contributed by atoms with Gasteiger partial charge in [-0.3, -0.25) is 4.79 Å². The minimum absolute atomic E-state index is 0.309. The van der Waals surface area contributed by atoms with Gasteiger partial charge in [0.05, 0.1) is 10.6 Å². The Bertz CT molecular complexity index is 576. The number of para-hydroxylation sites is 1. The second-order valence-electron chi connectivity index (χ2n) is 3.56. The highest BCUT2D eigenvalue weighted by Crippen LogP contribution is 2.24. The normalized spacial score (nSPS) is 9.83. The lowest BCUT2D eigenvalue weighted by molar-refractivity contribution is 0.0734. The lowest BCUT2D eigenvalue weighted by Crippen LogP contribution is -2.08. The van der Waals surface area contributed by atoms with E-state index in [0.29, 0.717) is 28.2 Å². The number of carbonyl (C=O) groups is 2. The summed E-state index contributed by atoms with van der Waals surface area (Å²) in [6.07, 6.45) is 0.711. The largest absolute Gasteiger partial charge is 0.421 e. The van der Waals surface area contributed by atoms with E-state index >= 15 is 0 Å². The molecule has 2 aromatic carbocycles. The SMILES string of the molecule is O=Cc1ccc(C(=O)Oc2ccccc2Cl)cc1. The van der Waals surface area contributed by atoms with Crippen LogP contribution in [0.2, 0.25) is 5.02 Å². The molecule has 0 aromatic heterocycles. The van der Waals surface area contributed by atoms with E-state index < -0.39 is 5.97 Å². The van der Waals surface area contributed by atoms with Gasteiger partial charge in [0.25, 0.3) is 0 Å². The molecule has 0 unspecified atom stereocenters. The molecular formula is C14H9ClO3. The number of ether oxygens (including phenoxy) is 1. The number of hydrogen-bond donors (Lipinski definition) is 0. The standard InChI is InChI=1S/C14H9ClO3/c15-12-3-1-2-4-13(12)18-14(17)11-7-5-10(9-16)6-8-11/h1-9H. The van der Waals surface area contributed by atoms with Gasteiger partial charge in [-0.25, -0.2) is 4.79 Å². The Kier molecular flexibility index (Phi) is 3.75. The highest BCUT2D eigenvalue weighted by molar-refractivity contribution is 6.32. The summed E-state index contributed by atoms with van der Waals surface area (Å²) in [6.45, 7) is 0. The van der Waals surface area contributed by atoms with Gasteiger partial charge in [-0.05, 0) is 24.3 Å². The Hall–Kier alpha value is -2.13. The maximum Gasteiger partial charge on any atom is 0.343 e. The minimum Gasteiger partial charge on any atom is -0.421 e. The van der Waals surface area contributed by atoms with Crippen LogP contribution in [0, 0.1) is 0 Å². The quantitative estimate of drug-likeness (QED) is 0.483. The van der Waals surface area contributed by atoms with Crippen molar-refractivity contribution in [2.45, 2.75) is 0 Å². The molecule has 90 valence electrons. The van der Waals surface area contributed by atoms with Crippen LogP contribution >= 0.6 is 11.6 Å². The molecule has 0 aliphatic carbocycles. The molecule has 0 heterocycles. The fourth-order valence-electron chi connectivity index (χ4n) is 1.38. The fraction of sp³-hybridized carbons (Fsp3) is 0. The number of halogens is 1. The van der Waals surface area contributed by atoms with Crippen molar-refractivity contribution in [1.82, 2.24) is 0 Å². The third-order valence-electron chi connectivity index (χ3n) is 2.32. The number of carbonyl (C=O) groups excluding carboxylic acids is 2. The van der Waals surface area contributed by atoms with Crippen molar-refractivity contribution in [2.75, 3.05) is 0 Å². The fourth-order valence-corrected chi connectivity index (χ4v) is 1.56. The first kappa shape index (κ1) is 12.3. The predicted molar refractivity (Wildman–Crippen MR) is 68.2 cm³/mol. The van der Waals surface area contributed by atoms with Gasteiger partial charge < -0.3 is 4.74 Å². The van der Waals surface area contributed by atoms with Gasteiger partial charge in [0.1, 0.15) is 12.0 Å². The first-order chi connectivity index (χ1) is 8.70. The van der Waals surface area contributed by atoms with E-state index in [-0.39, 0.29) is 0 Å². The second-order valence-corrected chi connectivity index (χ2v) is 3.97. The van der Waals surface area contributed by atoms with Crippen LogP contribution in [0.4, 0.5) is 0 Å². The van der Waals surface area contributed by atoms with E-state index in [1.54, 1.807) is 36.4 Å². The molecule has 0 fully saturated rings. The molecule has 0 saturated heterocycles. The maximum atomic E-state index is 11.8. The van der Waals surface area contributed by atoms with E-state index in [1.807, 2.05) is 0 Å². The van der Waals surface area contributed by atoms with Crippen LogP contribution in [0.1, 0.15) is 20.7 Å². The highest BCUT2D eigenvalue weighted by Gasteiger charge is 2.10. The summed E-state index contributed by atoms with van der Waals surface area (Å²) in [6, 6.07) is 12.9. The molecule has 0 aliphatic heterocycles. The number of esters is 1. The molecule has 3 nitrogen and oxygen atoms in total. The van der Waals surface area contributed by atoms with E-state index in [0.717, 1.165) is 0 Å². The van der Waals surface area contributed by atoms with Crippen LogP contribution in [0.25, 0.3) is 0 Å². The summed E-state index contributed by atoms with van der Waals surface area (Å²) in [7, 11) is 0. The number of rotatable bonds is 3. The molecule has 0 bridgehead atoms. The average Bonchev–Trinajstić information content (AvgIpc) is 2.41. The van der Waals surface area contributed by atoms with Crippen LogP contribution < -0.4 is 4.74 Å². The molecule has 0 spiro atoms. The van der Waals surface area contributed by atoms with Gasteiger partial charge in [0, 0.05) is 5.56 Å². The van der Waals surface area contributed by atoms with Gasteiger partial charge in [0.2, 0.25) is 0 Å². The maximum absolute atomic E-state index is 11.8. The third kappa shape index (κ3) is 2.76. The smallest absolute Gasteiger partial charge is 0.343 e. The number of hydrogen-bond acceptors (Lipinski definition) is 3. The van der Waals surface area contributed by atoms with Gasteiger partial charge in [-0.1, -0.05) is 35.9 Å². The predicted octanol–water partition coefficient (Wildman–Crippen LogP) is 3.37. The van der Waals surface area contributed by atoms with Crippen molar-refractivity contribution < 1.29 is 14.3 Å². The Morgan fingerprint density at radius 2 is 1.72 bits per heavy atom. The molecule has 2 aromatic rings. The third-order valence-corrected chi connectivity index (χ3v) is 2.63. The minimum atomic E-state index is -0.513. The van der Waals surface area contributed by atoms with Crippen molar-refractivity contribution in [3.8, 4) is 5.75 Å². The van der Waals surface area contributed by atoms with Gasteiger partial charge >= 0.3 is 5.97 Å². The Morgan fingerprint density at radius 3 is 2.33 bits per heavy atom. The van der Waals surface area contributed by atoms with E-state index in [4.69, 9.17) is 16.3 Å². The average molecular weight is 261 g/mol. The zero-order valence-corrected chi connectivity index (χ0v) is 10.1. The van der Waals surface area contributed by atoms with Crippen molar-refractivity contribution >= 4 is 23.9 Å². The number of aldehydes is 1. The molecule has 4 heteroatoms. The molecule has 0 amide bonds. The molecule has 0 aliphatic rings. The van der Waals surface area contributed by atoms with Crippen LogP contribution in [-0.4, -0.2) is 12.3 Å². The highest BCUT2D eigenvalue weighted by atomic mass is 35.5. The summed E-state index contributed by atoms with van der Waals surface area (Å²) in [5.74, 6) is -0.204. The summed E-state index contributed by atoms with van der Waals surface area (Å²) < 4.78 is 5.15. The lowest BCUT2D eigenvalue weighted by Gasteiger charge is -2.05. The van der Waals surface area contributed by atoms with Crippen molar-refractivity contribution in [1.29, 1.82) is 0 Å². The van der Waals surface area contributed by atoms with Gasteiger partial charge in [-0.15, -0.1) is 0 Å². The van der Waals surface area contributed by atoms with Crippen LogP contribution in [0.5, 0.6) is 5.75 Å². The molecule has 0 radical (unpaired) electrons. The van der Waals surface area contributed by atoms with Crippen molar-refractivity contribution in [2.24, 2.45) is 0 Å². The molecular weight excluding hydrogens is 252 g/mol. The monoisotopic (exact) mass is 260 g/mol. The van der Waals surface area contributed by atoms with Gasteiger partial charge in [-0.2, -0.15) is 0 Å². The molecule has 0 N–H and O–H groups in total. The van der Waals surface area contributed by atoms with Crippen molar-refractivity contribution in [3.05, 3.63) is 64.7 Å². The van der Waals surface area contributed by atoms with E-state index in [2.05, 4.69) is 0 Å². The molecule has 0 atom stereocenters. The second kappa shape index (κ2) is 5.47. The Morgan fingerprint density at radius 1 is 1.06 bits per heavy atom. The molecule has 18 heavy (non-hydrogen) atoms. The van der Waals surface area contributed by atoms with Gasteiger partial charge in [0.15, 0.2) is 0 Å². The summed E-state index contributed by atoms with van der Waals surface area (Å²) in [5.41, 5.74) is 0.866. The number of benzene rings is 2. The first-order valence-corrected chi connectivity index (χ1v) is 5.60. The summed E-state index contributed by atoms with van der Waals surface area (Å²) in [5, 5.41) is 0.371. The molecule has 0 saturated carbocycles. The summed E-state index contributed by atoms with van der Waals surface area (Å²) in [4.78, 5) is 22.3. The topological polar surface area (TPSA) is 43.4 Å². The van der Waals surface area contributed by atoms with Crippen LogP contribution in [0.15, 0.2) is 48.5 Å².